The van der Waals surface area contributed by atoms with Crippen molar-refractivity contribution in [1.82, 2.24) is 24.6 Å². The van der Waals surface area contributed by atoms with Crippen LogP contribution < -0.4 is 15.5 Å². The van der Waals surface area contributed by atoms with Crippen molar-refractivity contribution in [2.75, 3.05) is 57.0 Å². The molecule has 8 heteroatoms. The van der Waals surface area contributed by atoms with E-state index in [1.54, 1.807) is 7.05 Å². The topological polar surface area (TPSA) is 77.8 Å². The number of carbonyl (C=O) groups is 1. The van der Waals surface area contributed by atoms with Crippen molar-refractivity contribution in [3.8, 4) is 0 Å². The molecule has 0 unspecified atom stereocenters. The van der Waals surface area contributed by atoms with Gasteiger partial charge in [0.2, 0.25) is 0 Å². The second-order valence-corrected chi connectivity index (χ2v) is 8.30. The van der Waals surface area contributed by atoms with Gasteiger partial charge in [0, 0.05) is 38.6 Å². The number of hydrogen-bond donors (Lipinski definition) is 2. The molecule has 0 spiro atoms. The molecule has 1 aromatic carbocycles. The lowest BCUT2D eigenvalue weighted by atomic mass is 10.1. The summed E-state index contributed by atoms with van der Waals surface area (Å²) in [4.78, 5) is 27.7. The molecule has 0 aliphatic carbocycles. The van der Waals surface area contributed by atoms with E-state index in [-0.39, 0.29) is 5.91 Å². The summed E-state index contributed by atoms with van der Waals surface area (Å²) in [5, 5.41) is 7.11. The van der Waals surface area contributed by atoms with Crippen LogP contribution in [0.4, 0.5) is 11.5 Å². The van der Waals surface area contributed by atoms with Gasteiger partial charge in [0.05, 0.1) is 16.7 Å². The number of benzene rings is 1. The number of nitrogens with zero attached hydrogens (tertiary/aromatic N) is 5. The van der Waals surface area contributed by atoms with Crippen LogP contribution in [0.15, 0.2) is 36.4 Å². The van der Waals surface area contributed by atoms with Crippen LogP contribution in [0.3, 0.4) is 0 Å². The molecule has 3 aromatic heterocycles. The largest absolute Gasteiger partial charge is 0.384 e. The van der Waals surface area contributed by atoms with Gasteiger partial charge in [-0.05, 0) is 51.2 Å². The van der Waals surface area contributed by atoms with Crippen molar-refractivity contribution in [2.24, 2.45) is 0 Å². The number of rotatable bonds is 4. The van der Waals surface area contributed by atoms with Crippen molar-refractivity contribution in [2.45, 2.75) is 13.3 Å². The zero-order valence-corrected chi connectivity index (χ0v) is 18.9. The Morgan fingerprint density at radius 1 is 1.03 bits per heavy atom. The summed E-state index contributed by atoms with van der Waals surface area (Å²) < 4.78 is 2.03. The molecule has 1 aliphatic heterocycles. The highest BCUT2D eigenvalue weighted by molar-refractivity contribution is 6.13. The number of carbonyl (C=O) groups excluding carboxylic acids is 1. The quantitative estimate of drug-likeness (QED) is 0.517. The Morgan fingerprint density at radius 2 is 1.88 bits per heavy atom. The Morgan fingerprint density at radius 3 is 2.69 bits per heavy atom. The minimum atomic E-state index is -0.164. The van der Waals surface area contributed by atoms with Crippen LogP contribution in [-0.4, -0.2) is 72.0 Å². The molecule has 4 aromatic rings. The summed E-state index contributed by atoms with van der Waals surface area (Å²) in [6.07, 6.45) is 1.11. The van der Waals surface area contributed by atoms with E-state index in [2.05, 4.69) is 39.6 Å². The van der Waals surface area contributed by atoms with Gasteiger partial charge < -0.3 is 20.4 Å². The van der Waals surface area contributed by atoms with Crippen LogP contribution >= 0.6 is 0 Å². The number of amides is 1. The highest BCUT2D eigenvalue weighted by Crippen LogP contribution is 2.34. The van der Waals surface area contributed by atoms with Crippen LogP contribution in [0.5, 0.6) is 0 Å². The first-order chi connectivity index (χ1) is 15.6. The highest BCUT2D eigenvalue weighted by Gasteiger charge is 2.24. The lowest BCUT2D eigenvalue weighted by Crippen LogP contribution is -2.29. The lowest BCUT2D eigenvalue weighted by molar-refractivity contribution is 0.0965. The summed E-state index contributed by atoms with van der Waals surface area (Å²) in [5.41, 5.74) is 4.54. The first-order valence-electron chi connectivity index (χ1n) is 11.3. The van der Waals surface area contributed by atoms with Gasteiger partial charge in [0.1, 0.15) is 11.4 Å². The van der Waals surface area contributed by atoms with Gasteiger partial charge in [-0.3, -0.25) is 9.20 Å². The third-order valence-electron chi connectivity index (χ3n) is 6.23. The molecule has 5 rings (SSSR count). The van der Waals surface area contributed by atoms with E-state index < -0.39 is 0 Å². The Hall–Kier alpha value is -3.39. The van der Waals surface area contributed by atoms with E-state index >= 15 is 0 Å². The average molecular weight is 432 g/mol. The fraction of sp³-hybridized carbons (Fsp3) is 0.375. The maximum absolute atomic E-state index is 13.0. The molecular formula is C24H29N7O. The third kappa shape index (κ3) is 3.31. The molecule has 1 amide bonds. The Bertz CT molecular complexity index is 1310. The molecule has 1 saturated heterocycles. The van der Waals surface area contributed by atoms with E-state index in [9.17, 15) is 4.79 Å². The molecule has 0 atom stereocenters. The summed E-state index contributed by atoms with van der Waals surface area (Å²) >= 11 is 0. The van der Waals surface area contributed by atoms with Crippen LogP contribution in [0.2, 0.25) is 0 Å². The number of likely N-dealkylation sites (N-methyl/N-ethyl adjacent to an activating group) is 1. The number of para-hydroxylation sites is 2. The van der Waals surface area contributed by atoms with Crippen LogP contribution in [0, 0.1) is 0 Å². The molecule has 0 bridgehead atoms. The molecule has 0 saturated carbocycles. The summed E-state index contributed by atoms with van der Waals surface area (Å²) in [5.74, 6) is 0.796. The van der Waals surface area contributed by atoms with Crippen LogP contribution in [0.25, 0.3) is 27.7 Å². The first-order valence-corrected chi connectivity index (χ1v) is 11.3. The maximum atomic E-state index is 13.0. The molecule has 166 valence electrons. The van der Waals surface area contributed by atoms with E-state index in [0.29, 0.717) is 17.8 Å². The van der Waals surface area contributed by atoms with Crippen molar-refractivity contribution in [1.29, 1.82) is 0 Å². The molecular weight excluding hydrogens is 402 g/mol. The molecule has 0 radical (unpaired) electrons. The van der Waals surface area contributed by atoms with Crippen LogP contribution in [0.1, 0.15) is 23.7 Å². The number of nitrogens with one attached hydrogen (secondary N) is 2. The predicted molar refractivity (Wildman–Crippen MR) is 130 cm³/mol. The molecule has 1 fully saturated rings. The first kappa shape index (κ1) is 20.5. The lowest BCUT2D eigenvalue weighted by Gasteiger charge is -2.23. The van der Waals surface area contributed by atoms with Crippen molar-refractivity contribution in [3.05, 3.63) is 42.0 Å². The summed E-state index contributed by atoms with van der Waals surface area (Å²) in [6.45, 7) is 6.76. The zero-order chi connectivity index (χ0) is 22.2. The minimum absolute atomic E-state index is 0.164. The number of hydrogen-bond acceptors (Lipinski definition) is 6. The van der Waals surface area contributed by atoms with Crippen molar-refractivity contribution in [3.63, 3.8) is 0 Å². The second-order valence-electron chi connectivity index (χ2n) is 8.30. The number of imidazole rings is 1. The van der Waals surface area contributed by atoms with Crippen molar-refractivity contribution >= 4 is 45.1 Å². The monoisotopic (exact) mass is 431 g/mol. The van der Waals surface area contributed by atoms with Gasteiger partial charge in [0.15, 0.2) is 11.3 Å². The Labute approximate surface area is 187 Å². The van der Waals surface area contributed by atoms with Gasteiger partial charge in [-0.2, -0.15) is 0 Å². The normalized spacial score (nSPS) is 15.4. The maximum Gasteiger partial charge on any atom is 0.256 e. The Balaban J connectivity index is 1.83. The highest BCUT2D eigenvalue weighted by atomic mass is 16.1. The number of anilines is 2. The van der Waals surface area contributed by atoms with Gasteiger partial charge in [-0.25, -0.2) is 9.97 Å². The molecule has 1 aliphatic rings. The number of pyridine rings is 2. The standard InChI is InChI=1S/C24H29N7O/c1-4-26-21-16-10-11-19(30-13-7-12-29(3)14-15-30)28-22(16)31-18-9-6-5-8-17(18)27-23(31)20(21)24(32)25-2/h5-6,8-11,26H,4,7,12-15H2,1-3H3,(H,25,32). The molecule has 32 heavy (non-hydrogen) atoms. The number of aromatic nitrogens is 3. The van der Waals surface area contributed by atoms with Crippen molar-refractivity contribution < 1.29 is 4.79 Å². The predicted octanol–water partition coefficient (Wildman–Crippen LogP) is 2.97. The minimum Gasteiger partial charge on any atom is -0.384 e. The Kier molecular flexibility index (Phi) is 5.30. The van der Waals surface area contributed by atoms with E-state index in [1.165, 1.54) is 0 Å². The summed E-state index contributed by atoms with van der Waals surface area (Å²) in [6, 6.07) is 12.1. The van der Waals surface area contributed by atoms with E-state index in [0.717, 1.165) is 66.2 Å². The van der Waals surface area contributed by atoms with E-state index in [1.807, 2.05) is 35.6 Å². The fourth-order valence-corrected chi connectivity index (χ4v) is 4.61. The molecule has 2 N–H and O–H groups in total. The van der Waals surface area contributed by atoms with Crippen LogP contribution in [-0.2, 0) is 0 Å². The van der Waals surface area contributed by atoms with Gasteiger partial charge in [-0.15, -0.1) is 0 Å². The molecule has 4 heterocycles. The molecule has 8 nitrogen and oxygen atoms in total. The third-order valence-corrected chi connectivity index (χ3v) is 6.23. The van der Waals surface area contributed by atoms with E-state index in [4.69, 9.17) is 9.97 Å². The number of fused-ring (bicyclic) bond motifs is 5. The zero-order valence-electron chi connectivity index (χ0n) is 18.9. The second kappa shape index (κ2) is 8.27. The SMILES string of the molecule is CCNc1c(C(=O)NC)c2nc3ccccc3n2c2nc(N3CCCN(C)CC3)ccc12. The van der Waals surface area contributed by atoms with Gasteiger partial charge in [-0.1, -0.05) is 12.1 Å². The smallest absolute Gasteiger partial charge is 0.256 e. The fourth-order valence-electron chi connectivity index (χ4n) is 4.61. The van der Waals surface area contributed by atoms with Gasteiger partial charge in [0.25, 0.3) is 5.91 Å². The average Bonchev–Trinajstić information content (AvgIpc) is 3.06. The van der Waals surface area contributed by atoms with Gasteiger partial charge >= 0.3 is 0 Å². The summed E-state index contributed by atoms with van der Waals surface area (Å²) in [7, 11) is 3.82.